The third-order valence-electron chi connectivity index (χ3n) is 5.71. The number of aryl methyl sites for hydroxylation is 1. The summed E-state index contributed by atoms with van der Waals surface area (Å²) in [4.78, 5) is 11.6. The highest BCUT2D eigenvalue weighted by molar-refractivity contribution is 5.76. The maximum absolute atomic E-state index is 11.6. The van der Waals surface area contributed by atoms with Crippen molar-refractivity contribution in [3.63, 3.8) is 0 Å². The monoisotopic (exact) mass is 374 g/mol. The molecule has 27 heavy (non-hydrogen) atoms. The Hall–Kier alpha value is -1.31. The summed E-state index contributed by atoms with van der Waals surface area (Å²) in [7, 11) is 0. The number of aliphatic carboxylic acids is 1. The molecule has 2 nitrogen and oxygen atoms in total. The maximum atomic E-state index is 11.6. The smallest absolute Gasteiger partial charge is 0.310 e. The number of carboxylic acids is 1. The molecule has 1 unspecified atom stereocenters. The quantitative estimate of drug-likeness (QED) is 0.280. The first kappa shape index (κ1) is 23.7. The molecule has 154 valence electrons. The standard InChI is InChI=1S/C25H42O2/c1-3-4-5-6-7-8-9-10-11-12-13-14-15-16-21-24(25(26)27)23-20-18-17-19-22(23)2/h17-20,24H,3-16,21H2,1-2H3,(H,26,27). The lowest BCUT2D eigenvalue weighted by Crippen LogP contribution is -2.12. The van der Waals surface area contributed by atoms with Crippen LogP contribution in [0.3, 0.4) is 0 Å². The molecule has 0 bridgehead atoms. The first-order valence-corrected chi connectivity index (χ1v) is 11.4. The Morgan fingerprint density at radius 3 is 1.67 bits per heavy atom. The van der Waals surface area contributed by atoms with E-state index in [0.29, 0.717) is 0 Å². The molecule has 0 saturated carbocycles. The van der Waals surface area contributed by atoms with Crippen molar-refractivity contribution >= 4 is 5.97 Å². The lowest BCUT2D eigenvalue weighted by atomic mass is 9.90. The highest BCUT2D eigenvalue weighted by Crippen LogP contribution is 2.26. The molecule has 0 aliphatic rings. The molecular weight excluding hydrogens is 332 g/mol. The van der Waals surface area contributed by atoms with Gasteiger partial charge >= 0.3 is 5.97 Å². The van der Waals surface area contributed by atoms with Crippen molar-refractivity contribution in [1.82, 2.24) is 0 Å². The molecule has 1 aromatic carbocycles. The van der Waals surface area contributed by atoms with Gasteiger partial charge in [0, 0.05) is 0 Å². The zero-order chi connectivity index (χ0) is 19.7. The molecule has 1 atom stereocenters. The molecule has 0 spiro atoms. The van der Waals surface area contributed by atoms with E-state index in [1.165, 1.54) is 77.0 Å². The molecule has 0 amide bonds. The SMILES string of the molecule is CCCCCCCCCCCCCCCCC(C(=O)O)c1ccccc1C. The zero-order valence-corrected chi connectivity index (χ0v) is 17.8. The van der Waals surface area contributed by atoms with E-state index in [-0.39, 0.29) is 5.92 Å². The van der Waals surface area contributed by atoms with Gasteiger partial charge in [-0.25, -0.2) is 0 Å². The minimum Gasteiger partial charge on any atom is -0.481 e. The summed E-state index contributed by atoms with van der Waals surface area (Å²) in [6.07, 6.45) is 19.4. The number of unbranched alkanes of at least 4 members (excludes halogenated alkanes) is 13. The van der Waals surface area contributed by atoms with E-state index in [9.17, 15) is 9.90 Å². The second-order valence-electron chi connectivity index (χ2n) is 8.13. The van der Waals surface area contributed by atoms with Gasteiger partial charge in [0.2, 0.25) is 0 Å². The zero-order valence-electron chi connectivity index (χ0n) is 17.8. The van der Waals surface area contributed by atoms with E-state index >= 15 is 0 Å². The molecular formula is C25H42O2. The summed E-state index contributed by atoms with van der Waals surface area (Å²) in [6, 6.07) is 7.90. The van der Waals surface area contributed by atoms with Gasteiger partial charge < -0.3 is 5.11 Å². The van der Waals surface area contributed by atoms with E-state index in [2.05, 4.69) is 6.92 Å². The highest BCUT2D eigenvalue weighted by atomic mass is 16.4. The van der Waals surface area contributed by atoms with E-state index in [1.54, 1.807) is 0 Å². The van der Waals surface area contributed by atoms with Crippen molar-refractivity contribution < 1.29 is 9.90 Å². The molecule has 0 saturated heterocycles. The van der Waals surface area contributed by atoms with Crippen molar-refractivity contribution in [2.24, 2.45) is 0 Å². The summed E-state index contributed by atoms with van der Waals surface area (Å²) < 4.78 is 0. The van der Waals surface area contributed by atoms with Gasteiger partial charge in [0.25, 0.3) is 0 Å². The summed E-state index contributed by atoms with van der Waals surface area (Å²) in [5.41, 5.74) is 2.08. The van der Waals surface area contributed by atoms with Crippen LogP contribution in [0.5, 0.6) is 0 Å². The van der Waals surface area contributed by atoms with E-state index in [0.717, 1.165) is 30.4 Å². The summed E-state index contributed by atoms with van der Waals surface area (Å²) in [5.74, 6) is -1.03. The van der Waals surface area contributed by atoms with Gasteiger partial charge in [-0.3, -0.25) is 4.79 Å². The summed E-state index contributed by atoms with van der Waals surface area (Å²) in [6.45, 7) is 4.28. The van der Waals surface area contributed by atoms with Gasteiger partial charge in [-0.2, -0.15) is 0 Å². The van der Waals surface area contributed by atoms with E-state index in [4.69, 9.17) is 0 Å². The van der Waals surface area contributed by atoms with Gasteiger partial charge in [0.05, 0.1) is 5.92 Å². The van der Waals surface area contributed by atoms with Gasteiger partial charge in [-0.15, -0.1) is 0 Å². The Labute approximate surface area is 167 Å². The predicted octanol–water partition coefficient (Wildman–Crippen LogP) is 8.03. The van der Waals surface area contributed by atoms with Crippen LogP contribution in [0, 0.1) is 6.92 Å². The largest absolute Gasteiger partial charge is 0.481 e. The van der Waals surface area contributed by atoms with Crippen molar-refractivity contribution in [3.05, 3.63) is 35.4 Å². The van der Waals surface area contributed by atoms with Crippen LogP contribution < -0.4 is 0 Å². The second kappa shape index (κ2) is 15.7. The molecule has 1 N–H and O–H groups in total. The van der Waals surface area contributed by atoms with Crippen LogP contribution in [0.1, 0.15) is 120 Å². The number of carbonyl (C=O) groups is 1. The average Bonchev–Trinajstić information content (AvgIpc) is 2.65. The topological polar surface area (TPSA) is 37.3 Å². The summed E-state index contributed by atoms with van der Waals surface area (Å²) in [5, 5.41) is 9.55. The molecule has 2 heteroatoms. The number of benzene rings is 1. The van der Waals surface area contributed by atoms with Crippen LogP contribution in [-0.4, -0.2) is 11.1 Å². The van der Waals surface area contributed by atoms with Gasteiger partial charge in [-0.05, 0) is 24.5 Å². The van der Waals surface area contributed by atoms with Crippen LogP contribution in [0.15, 0.2) is 24.3 Å². The van der Waals surface area contributed by atoms with Gasteiger partial charge in [0.15, 0.2) is 0 Å². The molecule has 0 fully saturated rings. The molecule has 0 aromatic heterocycles. The number of hydrogen-bond acceptors (Lipinski definition) is 1. The summed E-state index contributed by atoms with van der Waals surface area (Å²) >= 11 is 0. The fraction of sp³-hybridized carbons (Fsp3) is 0.720. The minimum absolute atomic E-state index is 0.344. The fourth-order valence-corrected chi connectivity index (χ4v) is 3.93. The van der Waals surface area contributed by atoms with Crippen molar-refractivity contribution in [3.8, 4) is 0 Å². The van der Waals surface area contributed by atoms with Crippen LogP contribution in [0.4, 0.5) is 0 Å². The molecule has 1 aromatic rings. The van der Waals surface area contributed by atoms with Crippen molar-refractivity contribution in [2.75, 3.05) is 0 Å². The Morgan fingerprint density at radius 2 is 1.22 bits per heavy atom. The second-order valence-corrected chi connectivity index (χ2v) is 8.13. The third kappa shape index (κ3) is 11.2. The van der Waals surface area contributed by atoms with Crippen LogP contribution >= 0.6 is 0 Å². The number of rotatable bonds is 17. The molecule has 0 radical (unpaired) electrons. The van der Waals surface area contributed by atoms with Gasteiger partial charge in [-0.1, -0.05) is 121 Å². The van der Waals surface area contributed by atoms with E-state index < -0.39 is 5.97 Å². The number of carboxylic acid groups (broad SMARTS) is 1. The Bertz CT molecular complexity index is 495. The van der Waals surface area contributed by atoms with Crippen LogP contribution in [0.2, 0.25) is 0 Å². The van der Waals surface area contributed by atoms with Crippen LogP contribution in [-0.2, 0) is 4.79 Å². The minimum atomic E-state index is -0.681. The number of hydrogen-bond donors (Lipinski definition) is 1. The van der Waals surface area contributed by atoms with E-state index in [1.807, 2.05) is 31.2 Å². The van der Waals surface area contributed by atoms with Crippen molar-refractivity contribution in [1.29, 1.82) is 0 Å². The third-order valence-corrected chi connectivity index (χ3v) is 5.71. The molecule has 1 rings (SSSR count). The first-order chi connectivity index (χ1) is 13.2. The highest BCUT2D eigenvalue weighted by Gasteiger charge is 2.20. The van der Waals surface area contributed by atoms with Gasteiger partial charge in [0.1, 0.15) is 0 Å². The Kier molecular flexibility index (Phi) is 13.8. The predicted molar refractivity (Wildman–Crippen MR) is 116 cm³/mol. The normalized spacial score (nSPS) is 12.2. The lowest BCUT2D eigenvalue weighted by molar-refractivity contribution is -0.139. The molecule has 0 aliphatic heterocycles. The lowest BCUT2D eigenvalue weighted by Gasteiger charge is -2.15. The first-order valence-electron chi connectivity index (χ1n) is 11.4. The Morgan fingerprint density at radius 1 is 0.778 bits per heavy atom. The molecule has 0 heterocycles. The Balaban J connectivity index is 2.00. The van der Waals surface area contributed by atoms with Crippen molar-refractivity contribution in [2.45, 2.75) is 116 Å². The fourth-order valence-electron chi connectivity index (χ4n) is 3.93. The van der Waals surface area contributed by atoms with Crippen LogP contribution in [0.25, 0.3) is 0 Å². The average molecular weight is 375 g/mol. The maximum Gasteiger partial charge on any atom is 0.310 e. The molecule has 0 aliphatic carbocycles.